The van der Waals surface area contributed by atoms with E-state index in [0.717, 1.165) is 24.5 Å². The van der Waals surface area contributed by atoms with Gasteiger partial charge in [0.15, 0.2) is 0 Å². The van der Waals surface area contributed by atoms with Crippen LogP contribution in [0.4, 0.5) is 0 Å². The zero-order valence-corrected chi connectivity index (χ0v) is 13.2. The molecule has 0 aromatic heterocycles. The molecule has 0 aromatic rings. The van der Waals surface area contributed by atoms with Gasteiger partial charge in [-0.05, 0) is 71.8 Å². The molecule has 2 unspecified atom stereocenters. The van der Waals surface area contributed by atoms with Crippen molar-refractivity contribution in [3.05, 3.63) is 0 Å². The predicted octanol–water partition coefficient (Wildman–Crippen LogP) is 2.18. The van der Waals surface area contributed by atoms with Crippen LogP contribution in [0, 0.1) is 5.92 Å². The maximum absolute atomic E-state index is 3.65. The third-order valence-corrected chi connectivity index (χ3v) is 5.15. The molecule has 0 bridgehead atoms. The van der Waals surface area contributed by atoms with Crippen LogP contribution in [0.3, 0.4) is 0 Å². The Morgan fingerprint density at radius 2 is 1.89 bits per heavy atom. The molecule has 0 radical (unpaired) electrons. The van der Waals surface area contributed by atoms with E-state index < -0.39 is 0 Å². The average molecular weight is 267 g/mol. The van der Waals surface area contributed by atoms with Crippen LogP contribution in [-0.2, 0) is 0 Å². The van der Waals surface area contributed by atoms with Crippen LogP contribution in [0.1, 0.15) is 45.4 Å². The van der Waals surface area contributed by atoms with Gasteiger partial charge in [-0.25, -0.2) is 0 Å². The lowest BCUT2D eigenvalue weighted by atomic mass is 9.88. The summed E-state index contributed by atoms with van der Waals surface area (Å²) in [6.45, 7) is 7.26. The molecule has 1 aliphatic heterocycles. The van der Waals surface area contributed by atoms with Gasteiger partial charge >= 0.3 is 0 Å². The molecule has 0 spiro atoms. The van der Waals surface area contributed by atoms with E-state index in [1.165, 1.54) is 58.2 Å². The minimum Gasteiger partial charge on any atom is -0.314 e. The maximum atomic E-state index is 3.65. The van der Waals surface area contributed by atoms with Crippen molar-refractivity contribution in [1.29, 1.82) is 0 Å². The molecular weight excluding hydrogens is 234 g/mol. The molecule has 3 heteroatoms. The summed E-state index contributed by atoms with van der Waals surface area (Å²) in [7, 11) is 4.61. The lowest BCUT2D eigenvalue weighted by Gasteiger charge is -2.39. The van der Waals surface area contributed by atoms with Crippen LogP contribution >= 0.6 is 0 Å². The molecule has 2 fully saturated rings. The minimum atomic E-state index is 0.767. The first-order valence-electron chi connectivity index (χ1n) is 8.31. The monoisotopic (exact) mass is 267 g/mol. The van der Waals surface area contributed by atoms with Gasteiger partial charge in [0.05, 0.1) is 0 Å². The predicted molar refractivity (Wildman–Crippen MR) is 82.6 cm³/mol. The number of likely N-dealkylation sites (tertiary alicyclic amines) is 1. The number of piperidine rings is 1. The molecule has 112 valence electrons. The molecule has 0 amide bonds. The van der Waals surface area contributed by atoms with Crippen LogP contribution in [0.5, 0.6) is 0 Å². The first-order chi connectivity index (χ1) is 9.19. The van der Waals surface area contributed by atoms with Crippen molar-refractivity contribution in [2.24, 2.45) is 5.92 Å². The largest absolute Gasteiger partial charge is 0.314 e. The molecule has 1 saturated heterocycles. The molecule has 2 atom stereocenters. The van der Waals surface area contributed by atoms with E-state index in [2.05, 4.69) is 36.1 Å². The van der Waals surface area contributed by atoms with Crippen molar-refractivity contribution in [2.45, 2.75) is 57.5 Å². The molecule has 1 aliphatic carbocycles. The first-order valence-corrected chi connectivity index (χ1v) is 8.31. The van der Waals surface area contributed by atoms with Crippen molar-refractivity contribution in [3.63, 3.8) is 0 Å². The van der Waals surface area contributed by atoms with E-state index in [9.17, 15) is 0 Å². The lowest BCUT2D eigenvalue weighted by molar-refractivity contribution is 0.121. The number of nitrogens with zero attached hydrogens (tertiary/aromatic N) is 2. The molecule has 1 saturated carbocycles. The molecule has 1 heterocycles. The van der Waals surface area contributed by atoms with Crippen molar-refractivity contribution < 1.29 is 0 Å². The second-order valence-corrected chi connectivity index (χ2v) is 6.76. The molecule has 3 nitrogen and oxygen atoms in total. The van der Waals surface area contributed by atoms with Crippen LogP contribution in [0.15, 0.2) is 0 Å². The van der Waals surface area contributed by atoms with Gasteiger partial charge in [0.1, 0.15) is 0 Å². The topological polar surface area (TPSA) is 18.5 Å². The second kappa shape index (κ2) is 7.61. The Morgan fingerprint density at radius 3 is 2.58 bits per heavy atom. The van der Waals surface area contributed by atoms with E-state index in [0.29, 0.717) is 0 Å². The Kier molecular flexibility index (Phi) is 6.11. The average Bonchev–Trinajstić information content (AvgIpc) is 2.42. The SMILES string of the molecule is CCNC1CCCC(N(C)CC2CCN(C)CC2)C1. The summed E-state index contributed by atoms with van der Waals surface area (Å²) >= 11 is 0. The Bertz CT molecular complexity index is 246. The zero-order valence-electron chi connectivity index (χ0n) is 13.2. The Hall–Kier alpha value is -0.120. The number of hydrogen-bond donors (Lipinski definition) is 1. The lowest BCUT2D eigenvalue weighted by Crippen LogP contribution is -2.45. The van der Waals surface area contributed by atoms with Crippen LogP contribution in [0.2, 0.25) is 0 Å². The highest BCUT2D eigenvalue weighted by atomic mass is 15.1. The van der Waals surface area contributed by atoms with Crippen LogP contribution in [0.25, 0.3) is 0 Å². The summed E-state index contributed by atoms with van der Waals surface area (Å²) < 4.78 is 0. The fraction of sp³-hybridized carbons (Fsp3) is 1.00. The van der Waals surface area contributed by atoms with E-state index in [1.54, 1.807) is 0 Å². The van der Waals surface area contributed by atoms with Crippen molar-refractivity contribution in [3.8, 4) is 0 Å². The second-order valence-electron chi connectivity index (χ2n) is 6.76. The summed E-state index contributed by atoms with van der Waals surface area (Å²) in [5.74, 6) is 0.931. The van der Waals surface area contributed by atoms with E-state index in [1.807, 2.05) is 0 Å². The Balaban J connectivity index is 1.74. The van der Waals surface area contributed by atoms with Crippen molar-refractivity contribution >= 4 is 0 Å². The summed E-state index contributed by atoms with van der Waals surface area (Å²) in [6, 6.07) is 1.58. The quantitative estimate of drug-likeness (QED) is 0.824. The summed E-state index contributed by atoms with van der Waals surface area (Å²) in [6.07, 6.45) is 8.34. The van der Waals surface area contributed by atoms with E-state index in [4.69, 9.17) is 0 Å². The fourth-order valence-electron chi connectivity index (χ4n) is 3.84. The zero-order chi connectivity index (χ0) is 13.7. The highest BCUT2D eigenvalue weighted by Crippen LogP contribution is 2.25. The van der Waals surface area contributed by atoms with Gasteiger partial charge in [-0.1, -0.05) is 13.3 Å². The third-order valence-electron chi connectivity index (χ3n) is 5.15. The third kappa shape index (κ3) is 4.73. The number of nitrogens with one attached hydrogen (secondary N) is 1. The fourth-order valence-corrected chi connectivity index (χ4v) is 3.84. The van der Waals surface area contributed by atoms with Gasteiger partial charge < -0.3 is 15.1 Å². The molecule has 2 aliphatic rings. The van der Waals surface area contributed by atoms with Crippen LogP contribution in [-0.4, -0.2) is 62.2 Å². The smallest absolute Gasteiger partial charge is 0.0107 e. The standard InChI is InChI=1S/C16H33N3/c1-4-17-15-6-5-7-16(12-15)19(3)13-14-8-10-18(2)11-9-14/h14-17H,4-13H2,1-3H3. The molecule has 1 N–H and O–H groups in total. The number of hydrogen-bond acceptors (Lipinski definition) is 3. The van der Waals surface area contributed by atoms with Gasteiger partial charge in [-0.2, -0.15) is 0 Å². The Labute approximate surface area is 119 Å². The highest BCUT2D eigenvalue weighted by Gasteiger charge is 2.26. The van der Waals surface area contributed by atoms with Gasteiger partial charge in [-0.3, -0.25) is 0 Å². The van der Waals surface area contributed by atoms with Gasteiger partial charge in [0, 0.05) is 18.6 Å². The first kappa shape index (κ1) is 15.3. The Morgan fingerprint density at radius 1 is 1.16 bits per heavy atom. The van der Waals surface area contributed by atoms with Crippen LogP contribution < -0.4 is 5.32 Å². The van der Waals surface area contributed by atoms with Gasteiger partial charge in [-0.15, -0.1) is 0 Å². The van der Waals surface area contributed by atoms with Crippen molar-refractivity contribution in [1.82, 2.24) is 15.1 Å². The summed E-state index contributed by atoms with van der Waals surface area (Å²) in [4.78, 5) is 5.14. The molecular formula is C16H33N3. The van der Waals surface area contributed by atoms with E-state index >= 15 is 0 Å². The summed E-state index contributed by atoms with van der Waals surface area (Å²) in [5.41, 5.74) is 0. The normalized spacial score (nSPS) is 30.9. The van der Waals surface area contributed by atoms with Gasteiger partial charge in [0.2, 0.25) is 0 Å². The molecule has 19 heavy (non-hydrogen) atoms. The van der Waals surface area contributed by atoms with Crippen molar-refractivity contribution in [2.75, 3.05) is 40.3 Å². The maximum Gasteiger partial charge on any atom is 0.0107 e. The van der Waals surface area contributed by atoms with E-state index in [-0.39, 0.29) is 0 Å². The van der Waals surface area contributed by atoms with Gasteiger partial charge in [0.25, 0.3) is 0 Å². The minimum absolute atomic E-state index is 0.767. The molecule has 2 rings (SSSR count). The molecule has 0 aromatic carbocycles. The number of rotatable bonds is 5. The summed E-state index contributed by atoms with van der Waals surface area (Å²) in [5, 5.41) is 3.65. The highest BCUT2D eigenvalue weighted by molar-refractivity contribution is 4.84.